The molecule has 3 rings (SSSR count). The summed E-state index contributed by atoms with van der Waals surface area (Å²) >= 11 is 1.61. The zero-order valence-electron chi connectivity index (χ0n) is 15.9. The van der Waals surface area contributed by atoms with E-state index in [9.17, 15) is 4.79 Å². The molecule has 27 heavy (non-hydrogen) atoms. The van der Waals surface area contributed by atoms with Crippen LogP contribution in [0.15, 0.2) is 36.4 Å². The highest BCUT2D eigenvalue weighted by Crippen LogP contribution is 2.42. The summed E-state index contributed by atoms with van der Waals surface area (Å²) in [6.07, 6.45) is 0. The van der Waals surface area contributed by atoms with Gasteiger partial charge in [-0.25, -0.2) is 0 Å². The Labute approximate surface area is 163 Å². The van der Waals surface area contributed by atoms with E-state index in [-0.39, 0.29) is 11.3 Å². The van der Waals surface area contributed by atoms with E-state index < -0.39 is 0 Å². The molecule has 0 spiro atoms. The van der Waals surface area contributed by atoms with Gasteiger partial charge in [-0.1, -0.05) is 12.1 Å². The van der Waals surface area contributed by atoms with Gasteiger partial charge in [0, 0.05) is 6.54 Å². The van der Waals surface area contributed by atoms with Crippen molar-refractivity contribution >= 4 is 17.7 Å². The molecule has 1 aliphatic heterocycles. The van der Waals surface area contributed by atoms with Gasteiger partial charge in [-0.05, 0) is 35.4 Å². The van der Waals surface area contributed by atoms with Crippen LogP contribution >= 0.6 is 11.8 Å². The molecular formula is C20H23NO5S. The summed E-state index contributed by atoms with van der Waals surface area (Å²) in [4.78, 5) is 14.4. The molecule has 144 valence electrons. The van der Waals surface area contributed by atoms with E-state index in [4.69, 9.17) is 18.9 Å². The molecule has 1 amide bonds. The summed E-state index contributed by atoms with van der Waals surface area (Å²) in [5, 5.41) is -0.0783. The Balaban J connectivity index is 1.87. The Hall–Kier alpha value is -2.54. The zero-order chi connectivity index (χ0) is 19.4. The number of carbonyl (C=O) groups is 1. The van der Waals surface area contributed by atoms with Crippen LogP contribution in [0.2, 0.25) is 0 Å². The first kappa shape index (κ1) is 19.2. The molecule has 0 saturated carbocycles. The van der Waals surface area contributed by atoms with E-state index in [0.717, 1.165) is 11.1 Å². The highest BCUT2D eigenvalue weighted by atomic mass is 32.2. The molecule has 0 aliphatic carbocycles. The minimum atomic E-state index is -0.0783. The fourth-order valence-electron chi connectivity index (χ4n) is 3.08. The topological polar surface area (TPSA) is 57.2 Å². The van der Waals surface area contributed by atoms with Gasteiger partial charge in [0.15, 0.2) is 23.0 Å². The number of methoxy groups -OCH3 is 4. The quantitative estimate of drug-likeness (QED) is 0.723. The average Bonchev–Trinajstić information content (AvgIpc) is 3.07. The van der Waals surface area contributed by atoms with Crippen molar-refractivity contribution in [3.63, 3.8) is 0 Å². The SMILES string of the molecule is COc1ccc(CN2C(=O)CSC2c2ccc(OC)c(OC)c2)cc1OC. The predicted molar refractivity (Wildman–Crippen MR) is 105 cm³/mol. The highest BCUT2D eigenvalue weighted by Gasteiger charge is 2.33. The molecule has 1 atom stereocenters. The van der Waals surface area contributed by atoms with Gasteiger partial charge < -0.3 is 23.8 Å². The van der Waals surface area contributed by atoms with Crippen LogP contribution in [0.25, 0.3) is 0 Å². The Morgan fingerprint density at radius 2 is 1.48 bits per heavy atom. The largest absolute Gasteiger partial charge is 0.493 e. The highest BCUT2D eigenvalue weighted by molar-refractivity contribution is 8.00. The molecular weight excluding hydrogens is 366 g/mol. The van der Waals surface area contributed by atoms with Crippen molar-refractivity contribution in [3.05, 3.63) is 47.5 Å². The Morgan fingerprint density at radius 1 is 0.889 bits per heavy atom. The van der Waals surface area contributed by atoms with Crippen molar-refractivity contribution in [3.8, 4) is 23.0 Å². The van der Waals surface area contributed by atoms with E-state index >= 15 is 0 Å². The number of ether oxygens (including phenoxy) is 4. The second kappa shape index (κ2) is 8.43. The zero-order valence-corrected chi connectivity index (χ0v) is 16.7. The first-order valence-corrected chi connectivity index (χ1v) is 9.50. The molecule has 7 heteroatoms. The molecule has 6 nitrogen and oxygen atoms in total. The van der Waals surface area contributed by atoms with Crippen molar-refractivity contribution < 1.29 is 23.7 Å². The molecule has 0 N–H and O–H groups in total. The number of carbonyl (C=O) groups excluding carboxylic acids is 1. The van der Waals surface area contributed by atoms with Gasteiger partial charge in [0.05, 0.1) is 34.2 Å². The molecule has 0 aromatic heterocycles. The molecule has 1 aliphatic rings. The third kappa shape index (κ3) is 3.93. The second-order valence-electron chi connectivity index (χ2n) is 5.99. The number of hydrogen-bond acceptors (Lipinski definition) is 6. The van der Waals surface area contributed by atoms with Crippen LogP contribution in [0.1, 0.15) is 16.5 Å². The third-order valence-corrected chi connectivity index (χ3v) is 5.72. The molecule has 0 radical (unpaired) electrons. The molecule has 1 fully saturated rings. The van der Waals surface area contributed by atoms with Crippen LogP contribution in [0.4, 0.5) is 0 Å². The summed E-state index contributed by atoms with van der Waals surface area (Å²) < 4.78 is 21.4. The lowest BCUT2D eigenvalue weighted by molar-refractivity contribution is -0.128. The molecule has 1 unspecified atom stereocenters. The Morgan fingerprint density at radius 3 is 2.11 bits per heavy atom. The molecule has 1 saturated heterocycles. The van der Waals surface area contributed by atoms with Gasteiger partial charge in [0.1, 0.15) is 5.37 Å². The second-order valence-corrected chi connectivity index (χ2v) is 7.06. The molecule has 2 aromatic carbocycles. The lowest BCUT2D eigenvalue weighted by Gasteiger charge is -2.25. The minimum absolute atomic E-state index is 0.0783. The Kier molecular flexibility index (Phi) is 6.01. The minimum Gasteiger partial charge on any atom is -0.493 e. The fraction of sp³-hybridized carbons (Fsp3) is 0.350. The first-order valence-electron chi connectivity index (χ1n) is 8.45. The molecule has 2 aromatic rings. The van der Waals surface area contributed by atoms with Crippen LogP contribution < -0.4 is 18.9 Å². The van der Waals surface area contributed by atoms with Crippen LogP contribution in [-0.4, -0.2) is 45.0 Å². The number of hydrogen-bond donors (Lipinski definition) is 0. The fourth-order valence-corrected chi connectivity index (χ4v) is 4.26. The first-order chi connectivity index (χ1) is 13.1. The summed E-state index contributed by atoms with van der Waals surface area (Å²) in [5.74, 6) is 3.20. The number of benzene rings is 2. The van der Waals surface area contributed by atoms with Crippen LogP contribution in [0, 0.1) is 0 Å². The lowest BCUT2D eigenvalue weighted by atomic mass is 10.1. The molecule has 1 heterocycles. The van der Waals surface area contributed by atoms with Crippen LogP contribution in [0.5, 0.6) is 23.0 Å². The Bertz CT molecular complexity index is 826. The van der Waals surface area contributed by atoms with Crippen molar-refractivity contribution in [1.29, 1.82) is 0 Å². The van der Waals surface area contributed by atoms with Gasteiger partial charge in [-0.3, -0.25) is 4.79 Å². The van der Waals surface area contributed by atoms with Crippen LogP contribution in [0.3, 0.4) is 0 Å². The van der Waals surface area contributed by atoms with Crippen molar-refractivity contribution in [2.24, 2.45) is 0 Å². The van der Waals surface area contributed by atoms with E-state index in [1.165, 1.54) is 0 Å². The number of amides is 1. The van der Waals surface area contributed by atoms with Crippen molar-refractivity contribution in [2.45, 2.75) is 11.9 Å². The predicted octanol–water partition coefficient (Wildman–Crippen LogP) is 3.50. The van der Waals surface area contributed by atoms with E-state index in [1.807, 2.05) is 41.3 Å². The maximum atomic E-state index is 12.5. The van der Waals surface area contributed by atoms with Crippen molar-refractivity contribution in [1.82, 2.24) is 4.90 Å². The number of nitrogens with zero attached hydrogens (tertiary/aromatic N) is 1. The maximum Gasteiger partial charge on any atom is 0.234 e. The standard InChI is InChI=1S/C20H23NO5S/c1-23-15-7-5-13(9-17(15)25-3)11-21-19(22)12-27-20(21)14-6-8-16(24-2)18(10-14)26-4/h5-10,20H,11-12H2,1-4H3. The third-order valence-electron chi connectivity index (χ3n) is 4.46. The average molecular weight is 389 g/mol. The van der Waals surface area contributed by atoms with Crippen molar-refractivity contribution in [2.75, 3.05) is 34.2 Å². The van der Waals surface area contributed by atoms with Gasteiger partial charge in [-0.15, -0.1) is 11.8 Å². The summed E-state index contributed by atoms with van der Waals surface area (Å²) in [5.41, 5.74) is 1.98. The monoisotopic (exact) mass is 389 g/mol. The van der Waals surface area contributed by atoms with Crippen LogP contribution in [-0.2, 0) is 11.3 Å². The van der Waals surface area contributed by atoms with Gasteiger partial charge in [0.2, 0.25) is 5.91 Å². The maximum absolute atomic E-state index is 12.5. The van der Waals surface area contributed by atoms with E-state index in [0.29, 0.717) is 35.3 Å². The number of rotatable bonds is 7. The van der Waals surface area contributed by atoms with Gasteiger partial charge in [-0.2, -0.15) is 0 Å². The summed E-state index contributed by atoms with van der Waals surface area (Å²) in [6, 6.07) is 11.5. The number of thioether (sulfide) groups is 1. The normalized spacial score (nSPS) is 16.4. The van der Waals surface area contributed by atoms with Gasteiger partial charge in [0.25, 0.3) is 0 Å². The van der Waals surface area contributed by atoms with E-state index in [2.05, 4.69) is 0 Å². The summed E-state index contributed by atoms with van der Waals surface area (Å²) in [7, 11) is 6.42. The summed E-state index contributed by atoms with van der Waals surface area (Å²) in [6.45, 7) is 0.491. The lowest BCUT2D eigenvalue weighted by Crippen LogP contribution is -2.27. The smallest absolute Gasteiger partial charge is 0.234 e. The van der Waals surface area contributed by atoms with E-state index in [1.54, 1.807) is 40.2 Å². The molecule has 0 bridgehead atoms. The van der Waals surface area contributed by atoms with Gasteiger partial charge >= 0.3 is 0 Å².